The third-order valence-electron chi connectivity index (χ3n) is 6.16. The molecule has 6 heteroatoms. The van der Waals surface area contributed by atoms with Crippen molar-refractivity contribution in [2.75, 3.05) is 7.11 Å². The molecule has 0 aliphatic carbocycles. The second-order valence-electron chi connectivity index (χ2n) is 8.30. The van der Waals surface area contributed by atoms with E-state index < -0.39 is 17.8 Å². The average Bonchev–Trinajstić information content (AvgIpc) is 2.69. The molecule has 3 rings (SSSR count). The number of rotatable bonds is 5. The van der Waals surface area contributed by atoms with Crippen LogP contribution in [0, 0.1) is 17.8 Å². The lowest BCUT2D eigenvalue weighted by Gasteiger charge is -2.42. The summed E-state index contributed by atoms with van der Waals surface area (Å²) in [6.07, 6.45) is 0.994. The number of pyridine rings is 1. The molecule has 0 radical (unpaired) electrons. The Morgan fingerprint density at radius 2 is 1.83 bits per heavy atom. The predicted octanol–water partition coefficient (Wildman–Crippen LogP) is 3.40. The number of benzene rings is 1. The van der Waals surface area contributed by atoms with Gasteiger partial charge in [-0.15, -0.1) is 0 Å². The van der Waals surface area contributed by atoms with Crippen molar-refractivity contribution in [1.29, 1.82) is 0 Å². The summed E-state index contributed by atoms with van der Waals surface area (Å²) in [5.74, 6) is 0.0841. The van der Waals surface area contributed by atoms with Crippen LogP contribution in [0.3, 0.4) is 0 Å². The molecule has 29 heavy (non-hydrogen) atoms. The minimum atomic E-state index is -0.588. The highest BCUT2D eigenvalue weighted by atomic mass is 16.6. The van der Waals surface area contributed by atoms with Gasteiger partial charge < -0.3 is 19.8 Å². The standard InChI is InChI=1S/C23H31NO5/c1-13-11-14(2)22(29-21(13)15(3)16(4)25)19-20(26)18(12-24(28-5)23(19)27)17-9-7-6-8-10-17/h6-10,12-16,21-22,25-26H,11H2,1-5H3/t13?,14?,15?,16-,21?,22?/m1/s1. The van der Waals surface area contributed by atoms with E-state index in [1.54, 1.807) is 6.92 Å². The molecule has 2 aromatic rings. The lowest BCUT2D eigenvalue weighted by atomic mass is 9.78. The number of ether oxygens (including phenoxy) is 1. The zero-order valence-electron chi connectivity index (χ0n) is 17.7. The highest BCUT2D eigenvalue weighted by Crippen LogP contribution is 2.44. The van der Waals surface area contributed by atoms with E-state index in [2.05, 4.69) is 6.92 Å². The quantitative estimate of drug-likeness (QED) is 0.803. The van der Waals surface area contributed by atoms with E-state index in [9.17, 15) is 15.0 Å². The van der Waals surface area contributed by atoms with Gasteiger partial charge in [0.05, 0.1) is 30.1 Å². The van der Waals surface area contributed by atoms with Gasteiger partial charge in [0.1, 0.15) is 12.9 Å². The number of nitrogens with zero attached hydrogens (tertiary/aromatic N) is 1. The lowest BCUT2D eigenvalue weighted by Crippen LogP contribution is -2.43. The summed E-state index contributed by atoms with van der Waals surface area (Å²) in [5.41, 5.74) is 1.06. The van der Waals surface area contributed by atoms with Crippen molar-refractivity contribution in [3.8, 4) is 16.9 Å². The van der Waals surface area contributed by atoms with Crippen LogP contribution < -0.4 is 10.4 Å². The first kappa shape index (κ1) is 21.4. The summed E-state index contributed by atoms with van der Waals surface area (Å²) in [6.45, 7) is 7.82. The summed E-state index contributed by atoms with van der Waals surface area (Å²) in [7, 11) is 1.42. The van der Waals surface area contributed by atoms with Crippen LogP contribution in [-0.4, -0.2) is 34.3 Å². The maximum absolute atomic E-state index is 13.1. The number of hydrogen-bond acceptors (Lipinski definition) is 5. The van der Waals surface area contributed by atoms with Crippen LogP contribution in [0.25, 0.3) is 11.1 Å². The number of aliphatic hydroxyl groups excluding tert-OH is 1. The monoisotopic (exact) mass is 401 g/mol. The van der Waals surface area contributed by atoms with E-state index in [0.29, 0.717) is 5.56 Å². The molecular weight excluding hydrogens is 370 g/mol. The van der Waals surface area contributed by atoms with Crippen molar-refractivity contribution < 1.29 is 19.8 Å². The molecule has 1 fully saturated rings. The molecule has 1 aromatic carbocycles. The van der Waals surface area contributed by atoms with Crippen LogP contribution >= 0.6 is 0 Å². The van der Waals surface area contributed by atoms with Crippen LogP contribution in [0.5, 0.6) is 5.75 Å². The molecule has 1 aromatic heterocycles. The topological polar surface area (TPSA) is 80.9 Å². The average molecular weight is 402 g/mol. The summed E-state index contributed by atoms with van der Waals surface area (Å²) in [6, 6.07) is 9.38. The molecular formula is C23H31NO5. The minimum absolute atomic E-state index is 0.0254. The van der Waals surface area contributed by atoms with E-state index in [1.165, 1.54) is 13.3 Å². The lowest BCUT2D eigenvalue weighted by molar-refractivity contribution is -0.146. The maximum atomic E-state index is 13.1. The van der Waals surface area contributed by atoms with Crippen molar-refractivity contribution in [3.63, 3.8) is 0 Å². The molecule has 0 spiro atoms. The van der Waals surface area contributed by atoms with Crippen molar-refractivity contribution in [3.05, 3.63) is 52.4 Å². The van der Waals surface area contributed by atoms with Crippen molar-refractivity contribution in [2.24, 2.45) is 17.8 Å². The fourth-order valence-electron chi connectivity index (χ4n) is 4.37. The Morgan fingerprint density at radius 3 is 2.41 bits per heavy atom. The first-order valence-corrected chi connectivity index (χ1v) is 10.2. The minimum Gasteiger partial charge on any atom is -0.507 e. The molecule has 1 saturated heterocycles. The molecule has 0 bridgehead atoms. The summed E-state index contributed by atoms with van der Waals surface area (Å²) in [5, 5.41) is 21.2. The van der Waals surface area contributed by atoms with Gasteiger partial charge in [0.2, 0.25) is 0 Å². The van der Waals surface area contributed by atoms with Crippen LogP contribution in [0.15, 0.2) is 41.3 Å². The maximum Gasteiger partial charge on any atom is 0.292 e. The zero-order valence-corrected chi connectivity index (χ0v) is 17.7. The SMILES string of the molecule is COn1cc(-c2ccccc2)c(O)c(C2OC(C(C)[C@@H](C)O)C(C)CC2C)c1=O. The Kier molecular flexibility index (Phi) is 6.34. The number of aliphatic hydroxyl groups is 1. The van der Waals surface area contributed by atoms with Gasteiger partial charge in [-0.3, -0.25) is 4.79 Å². The molecule has 0 amide bonds. The summed E-state index contributed by atoms with van der Waals surface area (Å²) >= 11 is 0. The third kappa shape index (κ3) is 4.05. The van der Waals surface area contributed by atoms with Crippen molar-refractivity contribution >= 4 is 0 Å². The zero-order chi connectivity index (χ0) is 21.3. The summed E-state index contributed by atoms with van der Waals surface area (Å²) in [4.78, 5) is 18.3. The Bertz CT molecular complexity index is 892. The second-order valence-corrected chi connectivity index (χ2v) is 8.30. The van der Waals surface area contributed by atoms with Crippen LogP contribution in [0.2, 0.25) is 0 Å². The van der Waals surface area contributed by atoms with E-state index in [0.717, 1.165) is 16.7 Å². The van der Waals surface area contributed by atoms with Gasteiger partial charge >= 0.3 is 0 Å². The predicted molar refractivity (Wildman–Crippen MR) is 112 cm³/mol. The van der Waals surface area contributed by atoms with Crippen LogP contribution in [0.1, 0.15) is 45.8 Å². The molecule has 6 nitrogen and oxygen atoms in total. The van der Waals surface area contributed by atoms with E-state index in [4.69, 9.17) is 9.57 Å². The number of aromatic hydroxyl groups is 1. The van der Waals surface area contributed by atoms with Crippen molar-refractivity contribution in [1.82, 2.24) is 4.73 Å². The molecule has 158 valence electrons. The van der Waals surface area contributed by atoms with Gasteiger partial charge in [-0.25, -0.2) is 0 Å². The van der Waals surface area contributed by atoms with Gasteiger partial charge in [0.15, 0.2) is 0 Å². The van der Waals surface area contributed by atoms with Gasteiger partial charge in [-0.2, -0.15) is 4.73 Å². The van der Waals surface area contributed by atoms with Gasteiger partial charge in [0.25, 0.3) is 5.56 Å². The summed E-state index contributed by atoms with van der Waals surface area (Å²) < 4.78 is 7.52. The fraction of sp³-hybridized carbons (Fsp3) is 0.522. The van der Waals surface area contributed by atoms with E-state index >= 15 is 0 Å². The van der Waals surface area contributed by atoms with Gasteiger partial charge in [-0.05, 0) is 30.7 Å². The number of hydrogen-bond donors (Lipinski definition) is 2. The number of aromatic nitrogens is 1. The van der Waals surface area contributed by atoms with E-state index in [1.807, 2.05) is 44.2 Å². The first-order chi connectivity index (χ1) is 13.8. The molecule has 2 N–H and O–H groups in total. The molecule has 2 heterocycles. The molecule has 5 unspecified atom stereocenters. The Labute approximate surface area is 171 Å². The van der Waals surface area contributed by atoms with Crippen molar-refractivity contribution in [2.45, 2.75) is 52.4 Å². The first-order valence-electron chi connectivity index (χ1n) is 10.2. The van der Waals surface area contributed by atoms with Gasteiger partial charge in [0, 0.05) is 11.5 Å². The normalized spacial score (nSPS) is 26.7. The van der Waals surface area contributed by atoms with E-state index in [-0.39, 0.29) is 35.2 Å². The van der Waals surface area contributed by atoms with Gasteiger partial charge in [-0.1, -0.05) is 51.1 Å². The molecule has 1 aliphatic rings. The second kappa shape index (κ2) is 8.59. The molecule has 6 atom stereocenters. The van der Waals surface area contributed by atoms with Crippen LogP contribution in [-0.2, 0) is 4.74 Å². The highest BCUT2D eigenvalue weighted by Gasteiger charge is 2.41. The Hall–Kier alpha value is -2.31. The molecule has 1 aliphatic heterocycles. The largest absolute Gasteiger partial charge is 0.507 e. The Morgan fingerprint density at radius 1 is 1.17 bits per heavy atom. The fourth-order valence-corrected chi connectivity index (χ4v) is 4.37. The molecule has 0 saturated carbocycles. The smallest absolute Gasteiger partial charge is 0.292 e. The highest BCUT2D eigenvalue weighted by molar-refractivity contribution is 5.70. The van der Waals surface area contributed by atoms with Crippen LogP contribution in [0.4, 0.5) is 0 Å². The Balaban J connectivity index is 2.12. The third-order valence-corrected chi connectivity index (χ3v) is 6.16.